The predicted molar refractivity (Wildman–Crippen MR) is 57.4 cm³/mol. The van der Waals surface area contributed by atoms with E-state index in [4.69, 9.17) is 0 Å². The predicted octanol–water partition coefficient (Wildman–Crippen LogP) is 4.19. The van der Waals surface area contributed by atoms with E-state index in [0.29, 0.717) is 11.1 Å². The Balaban J connectivity index is 2.29. The third-order valence-corrected chi connectivity index (χ3v) is 2.16. The lowest BCUT2D eigenvalue weighted by Crippen LogP contribution is -2.17. The Bertz CT molecular complexity index is 531. The second-order valence-corrected chi connectivity index (χ2v) is 3.49. The summed E-state index contributed by atoms with van der Waals surface area (Å²) in [5, 5.41) is 0. The Morgan fingerprint density at radius 2 is 1.67 bits per heavy atom. The van der Waals surface area contributed by atoms with Gasteiger partial charge in [-0.15, -0.1) is 13.2 Å². The van der Waals surface area contributed by atoms with Crippen molar-refractivity contribution in [1.29, 1.82) is 0 Å². The van der Waals surface area contributed by atoms with Crippen molar-refractivity contribution in [3.8, 4) is 16.9 Å². The van der Waals surface area contributed by atoms with Gasteiger partial charge in [0.1, 0.15) is 11.6 Å². The van der Waals surface area contributed by atoms with E-state index >= 15 is 0 Å². The van der Waals surface area contributed by atoms with Crippen molar-refractivity contribution in [2.45, 2.75) is 6.36 Å². The average molecular weight is 255 g/mol. The third kappa shape index (κ3) is 3.23. The molecular weight excluding hydrogens is 248 g/mol. The molecule has 1 nitrogen and oxygen atoms in total. The topological polar surface area (TPSA) is 9.23 Å². The summed E-state index contributed by atoms with van der Waals surface area (Å²) in [4.78, 5) is 0. The average Bonchev–Trinajstić information content (AvgIpc) is 2.28. The van der Waals surface area contributed by atoms with Crippen LogP contribution in [-0.4, -0.2) is 6.36 Å². The molecule has 0 spiro atoms. The van der Waals surface area contributed by atoms with E-state index < -0.39 is 12.2 Å². The molecule has 18 heavy (non-hydrogen) atoms. The van der Waals surface area contributed by atoms with Gasteiger partial charge in [0.15, 0.2) is 0 Å². The van der Waals surface area contributed by atoms with Gasteiger partial charge >= 0.3 is 6.36 Å². The van der Waals surface area contributed by atoms with E-state index in [9.17, 15) is 17.6 Å². The first-order chi connectivity index (χ1) is 8.44. The molecular formula is C13H7F4O. The minimum Gasteiger partial charge on any atom is -0.406 e. The lowest BCUT2D eigenvalue weighted by Gasteiger charge is -2.09. The summed E-state index contributed by atoms with van der Waals surface area (Å²) < 4.78 is 52.7. The van der Waals surface area contributed by atoms with Crippen LogP contribution in [0.1, 0.15) is 0 Å². The van der Waals surface area contributed by atoms with Gasteiger partial charge in [-0.2, -0.15) is 0 Å². The number of benzene rings is 2. The van der Waals surface area contributed by atoms with Gasteiger partial charge in [0.25, 0.3) is 0 Å². The molecule has 0 fully saturated rings. The highest BCUT2D eigenvalue weighted by atomic mass is 19.4. The molecule has 0 saturated heterocycles. The van der Waals surface area contributed by atoms with Crippen LogP contribution >= 0.6 is 0 Å². The van der Waals surface area contributed by atoms with Crippen molar-refractivity contribution in [2.75, 3.05) is 0 Å². The van der Waals surface area contributed by atoms with Crippen LogP contribution in [0, 0.1) is 11.9 Å². The molecule has 2 rings (SSSR count). The number of hydrogen-bond acceptors (Lipinski definition) is 1. The van der Waals surface area contributed by atoms with Gasteiger partial charge in [-0.1, -0.05) is 18.2 Å². The molecule has 0 saturated carbocycles. The second-order valence-electron chi connectivity index (χ2n) is 3.49. The highest BCUT2D eigenvalue weighted by Crippen LogP contribution is 2.27. The number of alkyl halides is 3. The second kappa shape index (κ2) is 4.68. The van der Waals surface area contributed by atoms with E-state index in [1.165, 1.54) is 36.4 Å². The highest BCUT2D eigenvalue weighted by Gasteiger charge is 2.31. The molecule has 0 heterocycles. The lowest BCUT2D eigenvalue weighted by atomic mass is 10.1. The summed E-state index contributed by atoms with van der Waals surface area (Å²) >= 11 is 0. The van der Waals surface area contributed by atoms with Gasteiger partial charge in [0.05, 0.1) is 0 Å². The zero-order valence-corrected chi connectivity index (χ0v) is 8.96. The minimum atomic E-state index is -4.73. The van der Waals surface area contributed by atoms with Crippen LogP contribution < -0.4 is 4.74 Å². The maximum Gasteiger partial charge on any atom is 0.573 e. The van der Waals surface area contributed by atoms with Crippen LogP contribution in [-0.2, 0) is 0 Å². The molecule has 0 N–H and O–H groups in total. The first-order valence-corrected chi connectivity index (χ1v) is 4.97. The van der Waals surface area contributed by atoms with Crippen LogP contribution in [0.2, 0.25) is 0 Å². The van der Waals surface area contributed by atoms with Gasteiger partial charge in [-0.3, -0.25) is 0 Å². The maximum atomic E-state index is 12.7. The van der Waals surface area contributed by atoms with E-state index in [1.807, 2.05) is 0 Å². The van der Waals surface area contributed by atoms with Crippen LogP contribution in [0.3, 0.4) is 0 Å². The number of hydrogen-bond donors (Lipinski definition) is 0. The molecule has 5 heteroatoms. The van der Waals surface area contributed by atoms with E-state index in [1.54, 1.807) is 0 Å². The molecule has 0 aliphatic rings. The monoisotopic (exact) mass is 255 g/mol. The molecule has 93 valence electrons. The lowest BCUT2D eigenvalue weighted by molar-refractivity contribution is -0.274. The summed E-state index contributed by atoms with van der Waals surface area (Å²) in [6.07, 6.45) is -4.73. The summed E-state index contributed by atoms with van der Waals surface area (Å²) in [5.74, 6) is -0.748. The Labute approximate surface area is 101 Å². The number of rotatable bonds is 2. The molecule has 0 aliphatic carbocycles. The maximum absolute atomic E-state index is 12.7. The SMILES string of the molecule is Fc1ccc(-c2[c]ccc(OC(F)(F)F)c2)cc1. The van der Waals surface area contributed by atoms with Gasteiger partial charge in [0.2, 0.25) is 0 Å². The van der Waals surface area contributed by atoms with Crippen LogP contribution in [0.5, 0.6) is 5.75 Å². The normalized spacial score (nSPS) is 11.3. The van der Waals surface area contributed by atoms with E-state index in [2.05, 4.69) is 10.8 Å². The Hall–Kier alpha value is -2.04. The molecule has 0 unspecified atom stereocenters. The molecule has 2 aromatic carbocycles. The van der Waals surface area contributed by atoms with E-state index in [0.717, 1.165) is 6.07 Å². The van der Waals surface area contributed by atoms with Crippen molar-refractivity contribution in [3.63, 3.8) is 0 Å². The third-order valence-electron chi connectivity index (χ3n) is 2.16. The van der Waals surface area contributed by atoms with Crippen molar-refractivity contribution in [3.05, 3.63) is 54.3 Å². The molecule has 0 aliphatic heterocycles. The van der Waals surface area contributed by atoms with Crippen molar-refractivity contribution < 1.29 is 22.3 Å². The van der Waals surface area contributed by atoms with Crippen LogP contribution in [0.4, 0.5) is 17.6 Å². The number of halogens is 4. The Morgan fingerprint density at radius 1 is 1.00 bits per heavy atom. The Kier molecular flexibility index (Phi) is 3.23. The summed E-state index contributed by atoms with van der Waals surface area (Å²) in [6.45, 7) is 0. The fraction of sp³-hybridized carbons (Fsp3) is 0.0769. The minimum absolute atomic E-state index is 0.333. The molecule has 2 aromatic rings. The van der Waals surface area contributed by atoms with Gasteiger partial charge in [0, 0.05) is 0 Å². The van der Waals surface area contributed by atoms with Crippen molar-refractivity contribution >= 4 is 0 Å². The van der Waals surface area contributed by atoms with E-state index in [-0.39, 0.29) is 5.75 Å². The zero-order valence-electron chi connectivity index (χ0n) is 8.96. The van der Waals surface area contributed by atoms with Gasteiger partial charge in [-0.25, -0.2) is 4.39 Å². The first kappa shape index (κ1) is 12.4. The summed E-state index contributed by atoms with van der Waals surface area (Å²) in [5.41, 5.74) is 0.959. The fourth-order valence-corrected chi connectivity index (χ4v) is 1.44. The molecule has 0 amide bonds. The molecule has 1 radical (unpaired) electrons. The highest BCUT2D eigenvalue weighted by molar-refractivity contribution is 5.64. The molecule has 0 atom stereocenters. The van der Waals surface area contributed by atoms with Crippen LogP contribution in [0.15, 0.2) is 42.5 Å². The molecule has 0 bridgehead atoms. The molecule has 0 aromatic heterocycles. The standard InChI is InChI=1S/C13H7F4O/c14-11-6-4-9(5-7-11)10-2-1-3-12(8-10)18-13(15,16)17/h1,3-8H. The largest absolute Gasteiger partial charge is 0.573 e. The first-order valence-electron chi connectivity index (χ1n) is 4.97. The summed E-state index contributed by atoms with van der Waals surface area (Å²) in [7, 11) is 0. The zero-order chi connectivity index (χ0) is 13.2. The quantitative estimate of drug-likeness (QED) is 0.731. The van der Waals surface area contributed by atoms with Crippen molar-refractivity contribution in [2.24, 2.45) is 0 Å². The van der Waals surface area contributed by atoms with Gasteiger partial charge in [-0.05, 0) is 41.5 Å². The van der Waals surface area contributed by atoms with Crippen LogP contribution in [0.25, 0.3) is 11.1 Å². The van der Waals surface area contributed by atoms with Gasteiger partial charge < -0.3 is 4.74 Å². The number of ether oxygens (including phenoxy) is 1. The summed E-state index contributed by atoms with van der Waals surface area (Å²) in [6, 6.07) is 11.8. The van der Waals surface area contributed by atoms with Crippen molar-refractivity contribution in [1.82, 2.24) is 0 Å². The fourth-order valence-electron chi connectivity index (χ4n) is 1.44. The Morgan fingerprint density at radius 3 is 2.28 bits per heavy atom. The smallest absolute Gasteiger partial charge is 0.406 e.